The van der Waals surface area contributed by atoms with Gasteiger partial charge in [-0.25, -0.2) is 0 Å². The maximum Gasteiger partial charge on any atom is 0.137 e. The molecule has 0 amide bonds. The Bertz CT molecular complexity index is 274. The van der Waals surface area contributed by atoms with Gasteiger partial charge in [-0.05, 0) is 51.1 Å². The summed E-state index contributed by atoms with van der Waals surface area (Å²) >= 11 is 0. The van der Waals surface area contributed by atoms with Crippen molar-refractivity contribution in [2.75, 3.05) is 13.1 Å². The van der Waals surface area contributed by atoms with Gasteiger partial charge in [-0.2, -0.15) is 0 Å². The van der Waals surface area contributed by atoms with Gasteiger partial charge < -0.3 is 0 Å². The molecule has 104 valence electrons. The molecular weight excluding hydrogens is 222 g/mol. The lowest BCUT2D eigenvalue weighted by atomic mass is 9.79. The summed E-state index contributed by atoms with van der Waals surface area (Å²) in [4.78, 5) is 14.8. The van der Waals surface area contributed by atoms with Crippen molar-refractivity contribution < 1.29 is 4.79 Å². The topological polar surface area (TPSA) is 20.3 Å². The lowest BCUT2D eigenvalue weighted by Gasteiger charge is -2.41. The SMILES string of the molecule is CC(C)CCN1CCCCC1C1CCCCC1=O. The molecule has 0 aromatic carbocycles. The van der Waals surface area contributed by atoms with Crippen LogP contribution in [0.15, 0.2) is 0 Å². The maximum atomic E-state index is 12.2. The first kappa shape index (κ1) is 14.0. The van der Waals surface area contributed by atoms with E-state index in [4.69, 9.17) is 0 Å². The number of rotatable bonds is 4. The third-order valence-corrected chi connectivity index (χ3v) is 4.72. The monoisotopic (exact) mass is 251 g/mol. The standard InChI is InChI=1S/C16H29NO/c1-13(2)10-12-17-11-6-5-8-15(17)14-7-3-4-9-16(14)18/h13-15H,3-12H2,1-2H3. The third kappa shape index (κ3) is 3.57. The minimum Gasteiger partial charge on any atom is -0.300 e. The van der Waals surface area contributed by atoms with Crippen molar-refractivity contribution in [3.8, 4) is 0 Å². The maximum absolute atomic E-state index is 12.2. The van der Waals surface area contributed by atoms with Gasteiger partial charge in [0.2, 0.25) is 0 Å². The minimum atomic E-state index is 0.367. The molecule has 1 heterocycles. The molecule has 18 heavy (non-hydrogen) atoms. The second kappa shape index (κ2) is 6.70. The summed E-state index contributed by atoms with van der Waals surface area (Å²) in [5.74, 6) is 1.70. The van der Waals surface area contributed by atoms with Crippen LogP contribution in [0, 0.1) is 11.8 Å². The Labute approximate surface area is 112 Å². The zero-order valence-corrected chi connectivity index (χ0v) is 12.2. The Morgan fingerprint density at radius 2 is 1.94 bits per heavy atom. The van der Waals surface area contributed by atoms with E-state index in [1.165, 1.54) is 45.2 Å². The van der Waals surface area contributed by atoms with E-state index in [0.717, 1.165) is 25.2 Å². The third-order valence-electron chi connectivity index (χ3n) is 4.72. The van der Waals surface area contributed by atoms with Gasteiger partial charge in [-0.15, -0.1) is 0 Å². The number of carbonyl (C=O) groups excluding carboxylic acids is 1. The van der Waals surface area contributed by atoms with Gasteiger partial charge in [-0.1, -0.05) is 26.7 Å². The van der Waals surface area contributed by atoms with E-state index < -0.39 is 0 Å². The molecule has 0 aromatic heterocycles. The van der Waals surface area contributed by atoms with Crippen LogP contribution in [0.25, 0.3) is 0 Å². The minimum absolute atomic E-state index is 0.367. The van der Waals surface area contributed by atoms with Gasteiger partial charge in [0.15, 0.2) is 0 Å². The molecule has 0 aromatic rings. The summed E-state index contributed by atoms with van der Waals surface area (Å²) < 4.78 is 0. The van der Waals surface area contributed by atoms with Crippen molar-refractivity contribution in [3.63, 3.8) is 0 Å². The first-order valence-electron chi connectivity index (χ1n) is 7.95. The van der Waals surface area contributed by atoms with E-state index >= 15 is 0 Å². The first-order chi connectivity index (χ1) is 8.68. The molecule has 2 nitrogen and oxygen atoms in total. The molecule has 1 saturated carbocycles. The van der Waals surface area contributed by atoms with Crippen LogP contribution in [0.3, 0.4) is 0 Å². The van der Waals surface area contributed by atoms with Crippen LogP contribution in [0.2, 0.25) is 0 Å². The summed E-state index contributed by atoms with van der Waals surface area (Å²) in [5.41, 5.74) is 0. The van der Waals surface area contributed by atoms with E-state index in [1.54, 1.807) is 0 Å². The van der Waals surface area contributed by atoms with Crippen LogP contribution < -0.4 is 0 Å². The van der Waals surface area contributed by atoms with Crippen molar-refractivity contribution in [2.24, 2.45) is 11.8 Å². The summed E-state index contributed by atoms with van der Waals surface area (Å²) in [5, 5.41) is 0. The van der Waals surface area contributed by atoms with Crippen LogP contribution in [-0.2, 0) is 4.79 Å². The highest BCUT2D eigenvalue weighted by Crippen LogP contribution is 2.31. The molecule has 2 atom stereocenters. The van der Waals surface area contributed by atoms with Crippen LogP contribution in [0.5, 0.6) is 0 Å². The fourth-order valence-electron chi connectivity index (χ4n) is 3.59. The molecule has 2 unspecified atom stereocenters. The van der Waals surface area contributed by atoms with Gasteiger partial charge in [0.25, 0.3) is 0 Å². The molecule has 0 spiro atoms. The number of Topliss-reactive ketones (excluding diaryl/α,β-unsaturated/α-hetero) is 1. The Morgan fingerprint density at radius 3 is 2.67 bits per heavy atom. The van der Waals surface area contributed by atoms with Gasteiger partial charge in [0.1, 0.15) is 5.78 Å². The zero-order chi connectivity index (χ0) is 13.0. The van der Waals surface area contributed by atoms with Crippen molar-refractivity contribution in [1.29, 1.82) is 0 Å². The number of hydrogen-bond donors (Lipinski definition) is 0. The number of piperidine rings is 1. The Balaban J connectivity index is 1.95. The van der Waals surface area contributed by atoms with Crippen LogP contribution in [0.1, 0.15) is 65.2 Å². The van der Waals surface area contributed by atoms with Gasteiger partial charge in [-0.3, -0.25) is 9.69 Å². The second-order valence-corrected chi connectivity index (χ2v) is 6.60. The van der Waals surface area contributed by atoms with E-state index in [-0.39, 0.29) is 0 Å². The molecule has 0 radical (unpaired) electrons. The molecule has 1 aliphatic carbocycles. The largest absolute Gasteiger partial charge is 0.300 e. The van der Waals surface area contributed by atoms with Gasteiger partial charge >= 0.3 is 0 Å². The van der Waals surface area contributed by atoms with E-state index in [2.05, 4.69) is 18.7 Å². The summed E-state index contributed by atoms with van der Waals surface area (Å²) in [6, 6.07) is 0.574. The highest BCUT2D eigenvalue weighted by molar-refractivity contribution is 5.82. The average Bonchev–Trinajstić information content (AvgIpc) is 2.37. The molecule has 1 aliphatic heterocycles. The molecular formula is C16H29NO. The Kier molecular flexibility index (Phi) is 5.23. The van der Waals surface area contributed by atoms with E-state index in [0.29, 0.717) is 17.7 Å². The average molecular weight is 251 g/mol. The molecule has 1 saturated heterocycles. The van der Waals surface area contributed by atoms with Crippen molar-refractivity contribution in [3.05, 3.63) is 0 Å². The summed E-state index contributed by atoms with van der Waals surface area (Å²) in [6.45, 7) is 7.02. The number of ketones is 1. The lowest BCUT2D eigenvalue weighted by molar-refractivity contribution is -0.127. The molecule has 2 aliphatic rings. The van der Waals surface area contributed by atoms with Crippen molar-refractivity contribution in [2.45, 2.75) is 71.3 Å². The fourth-order valence-corrected chi connectivity index (χ4v) is 3.59. The van der Waals surface area contributed by atoms with E-state index in [9.17, 15) is 4.79 Å². The lowest BCUT2D eigenvalue weighted by Crippen LogP contribution is -2.47. The Morgan fingerprint density at radius 1 is 1.17 bits per heavy atom. The highest BCUT2D eigenvalue weighted by atomic mass is 16.1. The summed E-state index contributed by atoms with van der Waals surface area (Å²) in [7, 11) is 0. The van der Waals surface area contributed by atoms with Crippen LogP contribution in [-0.4, -0.2) is 29.8 Å². The predicted octanol–water partition coefficient (Wildman–Crippen LogP) is 3.65. The van der Waals surface area contributed by atoms with Crippen LogP contribution >= 0.6 is 0 Å². The second-order valence-electron chi connectivity index (χ2n) is 6.60. The van der Waals surface area contributed by atoms with Crippen molar-refractivity contribution in [1.82, 2.24) is 4.90 Å². The number of likely N-dealkylation sites (tertiary alicyclic amines) is 1. The zero-order valence-electron chi connectivity index (χ0n) is 12.2. The predicted molar refractivity (Wildman–Crippen MR) is 75.6 cm³/mol. The molecule has 0 N–H and O–H groups in total. The molecule has 2 fully saturated rings. The first-order valence-corrected chi connectivity index (χ1v) is 7.95. The molecule has 2 rings (SSSR count). The smallest absolute Gasteiger partial charge is 0.137 e. The molecule has 0 bridgehead atoms. The quantitative estimate of drug-likeness (QED) is 0.760. The normalized spacial score (nSPS) is 30.9. The van der Waals surface area contributed by atoms with Gasteiger partial charge in [0, 0.05) is 18.4 Å². The fraction of sp³-hybridized carbons (Fsp3) is 0.938. The summed E-state index contributed by atoms with van der Waals surface area (Å²) in [6.07, 6.45) is 9.59. The van der Waals surface area contributed by atoms with E-state index in [1.807, 2.05) is 0 Å². The number of nitrogens with zero attached hydrogens (tertiary/aromatic N) is 1. The highest BCUT2D eigenvalue weighted by Gasteiger charge is 2.34. The number of carbonyl (C=O) groups is 1. The van der Waals surface area contributed by atoms with Crippen LogP contribution in [0.4, 0.5) is 0 Å². The number of hydrogen-bond acceptors (Lipinski definition) is 2. The van der Waals surface area contributed by atoms with Crippen molar-refractivity contribution >= 4 is 5.78 Å². The molecule has 2 heteroatoms. The van der Waals surface area contributed by atoms with Gasteiger partial charge in [0.05, 0.1) is 0 Å². The Hall–Kier alpha value is -0.370.